The summed E-state index contributed by atoms with van der Waals surface area (Å²) in [6.45, 7) is 4.89. The van der Waals surface area contributed by atoms with E-state index in [9.17, 15) is 9.18 Å². The van der Waals surface area contributed by atoms with Crippen molar-refractivity contribution in [1.29, 1.82) is 0 Å². The molecule has 1 aliphatic heterocycles. The summed E-state index contributed by atoms with van der Waals surface area (Å²) in [6, 6.07) is 8.01. The lowest BCUT2D eigenvalue weighted by atomic mass is 10.2. The molecule has 1 fully saturated rings. The molecular formula is C19H22FN3O3. The highest BCUT2D eigenvalue weighted by molar-refractivity contribution is 5.94. The van der Waals surface area contributed by atoms with Gasteiger partial charge in [-0.3, -0.25) is 0 Å². The molecule has 26 heavy (non-hydrogen) atoms. The first-order valence-electron chi connectivity index (χ1n) is 8.59. The molecule has 1 aromatic heterocycles. The maximum Gasteiger partial charge on any atom is 0.341 e. The number of piperazine rings is 1. The largest absolute Gasteiger partial charge is 0.494 e. The average molecular weight is 359 g/mol. The van der Waals surface area contributed by atoms with Crippen LogP contribution >= 0.6 is 0 Å². The van der Waals surface area contributed by atoms with Gasteiger partial charge in [-0.2, -0.15) is 0 Å². The molecule has 0 radical (unpaired) electrons. The van der Waals surface area contributed by atoms with Gasteiger partial charge in [-0.25, -0.2) is 14.2 Å². The second kappa shape index (κ2) is 8.03. The highest BCUT2D eigenvalue weighted by Gasteiger charge is 2.24. The molecule has 1 aromatic carbocycles. The topological polar surface area (TPSA) is 54.9 Å². The Balaban J connectivity index is 1.75. The lowest BCUT2D eigenvalue weighted by Gasteiger charge is -2.37. The Morgan fingerprint density at radius 2 is 1.92 bits per heavy atom. The lowest BCUT2D eigenvalue weighted by molar-refractivity contribution is 0.0526. The Hall–Kier alpha value is -2.83. The van der Waals surface area contributed by atoms with Crippen LogP contribution in [0.4, 0.5) is 15.9 Å². The molecule has 2 heterocycles. The highest BCUT2D eigenvalue weighted by Crippen LogP contribution is 2.30. The predicted molar refractivity (Wildman–Crippen MR) is 97.6 cm³/mol. The van der Waals surface area contributed by atoms with Crippen molar-refractivity contribution >= 4 is 17.5 Å². The van der Waals surface area contributed by atoms with Crippen LogP contribution in [0.2, 0.25) is 0 Å². The molecule has 0 atom stereocenters. The number of rotatable bonds is 5. The molecule has 1 aliphatic rings. The number of carbonyl (C=O) groups excluding carboxylic acids is 1. The SMILES string of the molecule is CCOC(=O)c1cccnc1N1CCN(c2ccc(F)cc2OC)CC1. The number of methoxy groups -OCH3 is 1. The van der Waals surface area contributed by atoms with E-state index in [1.807, 2.05) is 0 Å². The molecule has 7 heteroatoms. The first-order chi connectivity index (χ1) is 12.6. The fourth-order valence-electron chi connectivity index (χ4n) is 3.09. The van der Waals surface area contributed by atoms with Crippen molar-refractivity contribution in [3.05, 3.63) is 47.9 Å². The van der Waals surface area contributed by atoms with Crippen molar-refractivity contribution < 1.29 is 18.7 Å². The van der Waals surface area contributed by atoms with Crippen LogP contribution in [0.15, 0.2) is 36.5 Å². The maximum absolute atomic E-state index is 13.4. The summed E-state index contributed by atoms with van der Waals surface area (Å²) in [5.74, 6) is 0.468. The number of benzene rings is 1. The average Bonchev–Trinajstić information content (AvgIpc) is 2.68. The second-order valence-electron chi connectivity index (χ2n) is 5.89. The molecule has 0 spiro atoms. The van der Waals surface area contributed by atoms with Crippen LogP contribution in [0.3, 0.4) is 0 Å². The fraction of sp³-hybridized carbons (Fsp3) is 0.368. The van der Waals surface area contributed by atoms with E-state index in [-0.39, 0.29) is 11.8 Å². The maximum atomic E-state index is 13.4. The summed E-state index contributed by atoms with van der Waals surface area (Å²) in [5, 5.41) is 0. The van der Waals surface area contributed by atoms with E-state index in [4.69, 9.17) is 9.47 Å². The molecule has 0 N–H and O–H groups in total. The Labute approximate surface area is 152 Å². The molecule has 138 valence electrons. The van der Waals surface area contributed by atoms with Crippen LogP contribution in [0.1, 0.15) is 17.3 Å². The van der Waals surface area contributed by atoms with Crippen LogP contribution in [-0.4, -0.2) is 50.8 Å². The standard InChI is InChI=1S/C19H22FN3O3/c1-3-26-19(24)15-5-4-8-21-18(15)23-11-9-22(10-12-23)16-7-6-14(20)13-17(16)25-2/h4-8,13H,3,9-12H2,1-2H3. The molecule has 1 saturated heterocycles. The highest BCUT2D eigenvalue weighted by atomic mass is 19.1. The van der Waals surface area contributed by atoms with Gasteiger partial charge in [0.05, 0.1) is 19.4 Å². The number of anilines is 2. The van der Waals surface area contributed by atoms with Crippen LogP contribution < -0.4 is 14.5 Å². The van der Waals surface area contributed by atoms with Gasteiger partial charge in [-0.15, -0.1) is 0 Å². The zero-order valence-corrected chi connectivity index (χ0v) is 14.9. The van der Waals surface area contributed by atoms with Gasteiger partial charge in [0.15, 0.2) is 0 Å². The van der Waals surface area contributed by atoms with Gasteiger partial charge in [-0.05, 0) is 31.2 Å². The third-order valence-electron chi connectivity index (χ3n) is 4.34. The van der Waals surface area contributed by atoms with Crippen molar-refractivity contribution in [3.8, 4) is 5.75 Å². The van der Waals surface area contributed by atoms with Crippen molar-refractivity contribution in [1.82, 2.24) is 4.98 Å². The molecular weight excluding hydrogens is 337 g/mol. The van der Waals surface area contributed by atoms with Crippen molar-refractivity contribution in [2.45, 2.75) is 6.92 Å². The normalized spacial score (nSPS) is 14.3. The van der Waals surface area contributed by atoms with Crippen molar-refractivity contribution in [3.63, 3.8) is 0 Å². The molecule has 0 unspecified atom stereocenters. The molecule has 6 nitrogen and oxygen atoms in total. The van der Waals surface area contributed by atoms with Gasteiger partial charge in [0.25, 0.3) is 0 Å². The number of ether oxygens (including phenoxy) is 2. The van der Waals surface area contributed by atoms with E-state index in [0.717, 1.165) is 5.69 Å². The Kier molecular flexibility index (Phi) is 5.55. The van der Waals surface area contributed by atoms with Crippen LogP contribution in [0.25, 0.3) is 0 Å². The van der Waals surface area contributed by atoms with Gasteiger partial charge in [0.1, 0.15) is 22.9 Å². The summed E-state index contributed by atoms with van der Waals surface area (Å²) in [6.07, 6.45) is 1.67. The van der Waals surface area contributed by atoms with Crippen LogP contribution in [0.5, 0.6) is 5.75 Å². The molecule has 0 amide bonds. The number of aromatic nitrogens is 1. The Morgan fingerprint density at radius 1 is 1.19 bits per heavy atom. The minimum Gasteiger partial charge on any atom is -0.494 e. The third kappa shape index (κ3) is 3.71. The van der Waals surface area contributed by atoms with E-state index >= 15 is 0 Å². The predicted octanol–water partition coefficient (Wildman–Crippen LogP) is 2.73. The number of pyridine rings is 1. The zero-order chi connectivity index (χ0) is 18.5. The summed E-state index contributed by atoms with van der Waals surface area (Å²) in [4.78, 5) is 20.7. The number of hydrogen-bond donors (Lipinski definition) is 0. The first kappa shape index (κ1) is 18.0. The summed E-state index contributed by atoms with van der Waals surface area (Å²) >= 11 is 0. The van der Waals surface area contributed by atoms with Crippen LogP contribution in [-0.2, 0) is 4.74 Å². The monoisotopic (exact) mass is 359 g/mol. The van der Waals surface area contributed by atoms with Gasteiger partial charge in [0.2, 0.25) is 0 Å². The summed E-state index contributed by atoms with van der Waals surface area (Å²) in [5.41, 5.74) is 1.34. The summed E-state index contributed by atoms with van der Waals surface area (Å²) in [7, 11) is 1.54. The quantitative estimate of drug-likeness (QED) is 0.765. The van der Waals surface area contributed by atoms with Crippen molar-refractivity contribution in [2.75, 3.05) is 49.7 Å². The van der Waals surface area contributed by atoms with Crippen LogP contribution in [0, 0.1) is 5.82 Å². The van der Waals surface area contributed by atoms with Crippen molar-refractivity contribution in [2.24, 2.45) is 0 Å². The van der Waals surface area contributed by atoms with E-state index in [1.54, 1.807) is 31.3 Å². The van der Waals surface area contributed by atoms with Gasteiger partial charge in [-0.1, -0.05) is 0 Å². The minimum atomic E-state index is -0.363. The second-order valence-corrected chi connectivity index (χ2v) is 5.89. The number of hydrogen-bond acceptors (Lipinski definition) is 6. The number of halogens is 1. The molecule has 0 aliphatic carbocycles. The smallest absolute Gasteiger partial charge is 0.341 e. The Bertz CT molecular complexity index is 776. The van der Waals surface area contributed by atoms with E-state index in [1.165, 1.54) is 19.2 Å². The van der Waals surface area contributed by atoms with Gasteiger partial charge < -0.3 is 19.3 Å². The van der Waals surface area contributed by atoms with E-state index in [0.29, 0.717) is 49.9 Å². The molecule has 0 saturated carbocycles. The lowest BCUT2D eigenvalue weighted by Crippen LogP contribution is -2.47. The number of nitrogens with zero attached hydrogens (tertiary/aromatic N) is 3. The Morgan fingerprint density at radius 3 is 2.62 bits per heavy atom. The molecule has 2 aromatic rings. The fourth-order valence-corrected chi connectivity index (χ4v) is 3.09. The first-order valence-corrected chi connectivity index (χ1v) is 8.59. The number of esters is 1. The van der Waals surface area contributed by atoms with E-state index in [2.05, 4.69) is 14.8 Å². The number of carbonyl (C=O) groups is 1. The van der Waals surface area contributed by atoms with Gasteiger partial charge in [0, 0.05) is 38.4 Å². The summed E-state index contributed by atoms with van der Waals surface area (Å²) < 4.78 is 23.8. The molecule has 3 rings (SSSR count). The third-order valence-corrected chi connectivity index (χ3v) is 4.34. The van der Waals surface area contributed by atoms with Gasteiger partial charge >= 0.3 is 5.97 Å². The molecule has 0 bridgehead atoms. The minimum absolute atomic E-state index is 0.322. The zero-order valence-electron chi connectivity index (χ0n) is 14.9. The van der Waals surface area contributed by atoms with E-state index < -0.39 is 0 Å².